The molecule has 1 aliphatic rings. The summed E-state index contributed by atoms with van der Waals surface area (Å²) in [5.41, 5.74) is 2.04. The van der Waals surface area contributed by atoms with Gasteiger partial charge in [0.15, 0.2) is 11.5 Å². The van der Waals surface area contributed by atoms with Gasteiger partial charge in [0, 0.05) is 6.54 Å². The Morgan fingerprint density at radius 3 is 2.64 bits per heavy atom. The number of morpholine rings is 1. The van der Waals surface area contributed by atoms with E-state index in [0.29, 0.717) is 31.3 Å². The Balaban J connectivity index is 2.11. The molecule has 0 aromatic heterocycles. The second-order valence-electron chi connectivity index (χ2n) is 5.38. The van der Waals surface area contributed by atoms with Gasteiger partial charge in [0.25, 0.3) is 0 Å². The zero-order chi connectivity index (χ0) is 16.1. The van der Waals surface area contributed by atoms with Crippen molar-refractivity contribution in [2.75, 3.05) is 34.0 Å². The van der Waals surface area contributed by atoms with Crippen molar-refractivity contribution in [1.29, 1.82) is 0 Å². The van der Waals surface area contributed by atoms with Crippen LogP contribution in [0.25, 0.3) is 0 Å². The molecule has 1 heterocycles. The van der Waals surface area contributed by atoms with Gasteiger partial charge in [-0.2, -0.15) is 0 Å². The summed E-state index contributed by atoms with van der Waals surface area (Å²) >= 11 is 0. The molecule has 2 atom stereocenters. The Bertz CT molecular complexity index is 527. The van der Waals surface area contributed by atoms with Crippen LogP contribution >= 0.6 is 0 Å². The molecule has 1 saturated heterocycles. The lowest BCUT2D eigenvalue weighted by Gasteiger charge is -2.25. The van der Waals surface area contributed by atoms with Gasteiger partial charge in [-0.05, 0) is 37.1 Å². The van der Waals surface area contributed by atoms with Gasteiger partial charge in [-0.3, -0.25) is 4.79 Å². The number of carbonyl (C=O) groups excluding carboxylic acids is 1. The molecule has 22 heavy (non-hydrogen) atoms. The summed E-state index contributed by atoms with van der Waals surface area (Å²) in [6, 6.07) is 3.40. The van der Waals surface area contributed by atoms with Crippen LogP contribution in [-0.2, 0) is 9.53 Å². The number of aryl methyl sites for hydroxylation is 1. The molecule has 0 saturated carbocycles. The first-order valence-electron chi connectivity index (χ1n) is 7.40. The van der Waals surface area contributed by atoms with Gasteiger partial charge in [-0.1, -0.05) is 0 Å². The molecule has 0 aliphatic carbocycles. The first-order valence-corrected chi connectivity index (χ1v) is 7.40. The van der Waals surface area contributed by atoms with Crippen LogP contribution in [0, 0.1) is 6.92 Å². The Hall–Kier alpha value is -1.79. The minimum absolute atomic E-state index is 0.0543. The van der Waals surface area contributed by atoms with Crippen molar-refractivity contribution < 1.29 is 19.0 Å². The fraction of sp³-hybridized carbons (Fsp3) is 0.562. The largest absolute Gasteiger partial charge is 0.493 e. The van der Waals surface area contributed by atoms with Crippen LogP contribution in [0.5, 0.6) is 11.5 Å². The van der Waals surface area contributed by atoms with Crippen molar-refractivity contribution in [3.63, 3.8) is 0 Å². The fourth-order valence-corrected chi connectivity index (χ4v) is 2.59. The second-order valence-corrected chi connectivity index (χ2v) is 5.38. The van der Waals surface area contributed by atoms with Crippen LogP contribution in [0.4, 0.5) is 0 Å². The second kappa shape index (κ2) is 7.47. The molecule has 0 radical (unpaired) electrons. The lowest BCUT2D eigenvalue weighted by molar-refractivity contribution is -0.126. The molecule has 1 aromatic carbocycles. The van der Waals surface area contributed by atoms with Gasteiger partial charge in [-0.15, -0.1) is 0 Å². The summed E-state index contributed by atoms with van der Waals surface area (Å²) in [5, 5.41) is 6.17. The van der Waals surface area contributed by atoms with E-state index in [4.69, 9.17) is 14.2 Å². The zero-order valence-corrected chi connectivity index (χ0v) is 13.6. The van der Waals surface area contributed by atoms with Crippen molar-refractivity contribution in [2.45, 2.75) is 25.9 Å². The van der Waals surface area contributed by atoms with Crippen molar-refractivity contribution in [3.8, 4) is 11.5 Å². The molecule has 2 unspecified atom stereocenters. The van der Waals surface area contributed by atoms with Gasteiger partial charge in [-0.25, -0.2) is 0 Å². The van der Waals surface area contributed by atoms with Gasteiger partial charge in [0.1, 0.15) is 6.04 Å². The maximum absolute atomic E-state index is 12.3. The third-order valence-electron chi connectivity index (χ3n) is 3.84. The van der Waals surface area contributed by atoms with Crippen molar-refractivity contribution >= 4 is 5.91 Å². The van der Waals surface area contributed by atoms with Crippen molar-refractivity contribution in [3.05, 3.63) is 23.3 Å². The number of hydrogen-bond donors (Lipinski definition) is 2. The first kappa shape index (κ1) is 16.6. The summed E-state index contributed by atoms with van der Waals surface area (Å²) in [7, 11) is 3.21. The Labute approximate surface area is 131 Å². The van der Waals surface area contributed by atoms with Gasteiger partial charge in [0.05, 0.1) is 33.5 Å². The number of ether oxygens (including phenoxy) is 3. The number of methoxy groups -OCH3 is 2. The van der Waals surface area contributed by atoms with E-state index in [1.54, 1.807) is 14.2 Å². The van der Waals surface area contributed by atoms with Crippen LogP contribution in [0.2, 0.25) is 0 Å². The molecule has 1 amide bonds. The summed E-state index contributed by atoms with van der Waals surface area (Å²) in [4.78, 5) is 12.3. The minimum atomic E-state index is -0.295. The quantitative estimate of drug-likeness (QED) is 0.855. The summed E-state index contributed by atoms with van der Waals surface area (Å²) in [5.74, 6) is 1.29. The Morgan fingerprint density at radius 2 is 2.05 bits per heavy atom. The lowest BCUT2D eigenvalue weighted by atomic mass is 10.0. The van der Waals surface area contributed by atoms with Crippen LogP contribution in [-0.4, -0.2) is 45.9 Å². The van der Waals surface area contributed by atoms with Gasteiger partial charge in [0.2, 0.25) is 5.91 Å². The maximum atomic E-state index is 12.3. The van der Waals surface area contributed by atoms with E-state index < -0.39 is 0 Å². The predicted molar refractivity (Wildman–Crippen MR) is 83.5 cm³/mol. The standard InChI is InChI=1S/C16H24N2O4/c1-10-7-14(20-3)15(21-4)8-12(10)11(2)18-16(19)13-9-22-6-5-17-13/h7-8,11,13,17H,5-6,9H2,1-4H3,(H,18,19). The third-order valence-corrected chi connectivity index (χ3v) is 3.84. The number of amides is 1. The number of carbonyl (C=O) groups is 1. The molecule has 122 valence electrons. The van der Waals surface area contributed by atoms with E-state index in [1.807, 2.05) is 26.0 Å². The summed E-state index contributed by atoms with van der Waals surface area (Å²) in [6.45, 7) is 5.69. The average molecular weight is 308 g/mol. The van der Waals surface area contributed by atoms with Crippen molar-refractivity contribution in [1.82, 2.24) is 10.6 Å². The molecular weight excluding hydrogens is 284 g/mol. The molecule has 6 nitrogen and oxygen atoms in total. The van der Waals surface area contributed by atoms with Gasteiger partial charge < -0.3 is 24.8 Å². The van der Waals surface area contributed by atoms with E-state index in [9.17, 15) is 4.79 Å². The molecule has 1 aliphatic heterocycles. The maximum Gasteiger partial charge on any atom is 0.240 e. The first-order chi connectivity index (χ1) is 10.6. The highest BCUT2D eigenvalue weighted by atomic mass is 16.5. The van der Waals surface area contributed by atoms with Crippen LogP contribution < -0.4 is 20.1 Å². The highest BCUT2D eigenvalue weighted by Crippen LogP contribution is 2.32. The normalized spacial score (nSPS) is 19.4. The van der Waals surface area contributed by atoms with E-state index in [0.717, 1.165) is 11.1 Å². The van der Waals surface area contributed by atoms with E-state index >= 15 is 0 Å². The van der Waals surface area contributed by atoms with Crippen LogP contribution in [0.3, 0.4) is 0 Å². The molecule has 1 aromatic rings. The monoisotopic (exact) mass is 308 g/mol. The van der Waals surface area contributed by atoms with E-state index in [-0.39, 0.29) is 18.0 Å². The highest BCUT2D eigenvalue weighted by Gasteiger charge is 2.23. The molecule has 0 spiro atoms. The summed E-state index contributed by atoms with van der Waals surface area (Å²) in [6.07, 6.45) is 0. The number of nitrogens with one attached hydrogen (secondary N) is 2. The van der Waals surface area contributed by atoms with Crippen LogP contribution in [0.15, 0.2) is 12.1 Å². The Morgan fingerprint density at radius 1 is 1.36 bits per heavy atom. The molecule has 2 N–H and O–H groups in total. The Kier molecular flexibility index (Phi) is 5.63. The molecule has 1 fully saturated rings. The van der Waals surface area contributed by atoms with Crippen LogP contribution in [0.1, 0.15) is 24.1 Å². The molecule has 2 rings (SSSR count). The molecule has 6 heteroatoms. The molecule has 0 bridgehead atoms. The van der Waals surface area contributed by atoms with E-state index in [2.05, 4.69) is 10.6 Å². The SMILES string of the molecule is COc1cc(C)c(C(C)NC(=O)C2COCCN2)cc1OC. The third kappa shape index (κ3) is 3.69. The number of hydrogen-bond acceptors (Lipinski definition) is 5. The van der Waals surface area contributed by atoms with Crippen molar-refractivity contribution in [2.24, 2.45) is 0 Å². The fourth-order valence-electron chi connectivity index (χ4n) is 2.59. The van der Waals surface area contributed by atoms with Gasteiger partial charge >= 0.3 is 0 Å². The van der Waals surface area contributed by atoms with E-state index in [1.165, 1.54) is 0 Å². The highest BCUT2D eigenvalue weighted by molar-refractivity contribution is 5.82. The number of rotatable bonds is 5. The average Bonchev–Trinajstić information content (AvgIpc) is 2.55. The minimum Gasteiger partial charge on any atom is -0.493 e. The zero-order valence-electron chi connectivity index (χ0n) is 13.6. The lowest BCUT2D eigenvalue weighted by Crippen LogP contribution is -2.51. The molecular formula is C16H24N2O4. The smallest absolute Gasteiger partial charge is 0.240 e. The predicted octanol–water partition coefficient (Wildman–Crippen LogP) is 1.18. The summed E-state index contributed by atoms with van der Waals surface area (Å²) < 4.78 is 15.9. The topological polar surface area (TPSA) is 68.8 Å². The number of benzene rings is 1.